The van der Waals surface area contributed by atoms with Crippen molar-refractivity contribution in [1.29, 1.82) is 5.26 Å². The largest absolute Gasteiger partial charge is 0.453 e. The van der Waals surface area contributed by atoms with Gasteiger partial charge in [0.2, 0.25) is 0 Å². The molecular weight excluding hydrogens is 252 g/mol. The number of carbonyl (C=O) groups is 2. The Balaban J connectivity index is 2.55. The molecule has 1 N–H and O–H groups in total. The molecule has 0 aromatic carbocycles. The van der Waals surface area contributed by atoms with Crippen molar-refractivity contribution in [3.63, 3.8) is 0 Å². The molecule has 0 radical (unpaired) electrons. The van der Waals surface area contributed by atoms with Crippen molar-refractivity contribution < 1.29 is 14.3 Å². The van der Waals surface area contributed by atoms with E-state index in [1.54, 1.807) is 11.4 Å². The topological polar surface area (TPSA) is 79.2 Å². The zero-order valence-electron chi connectivity index (χ0n) is 10.2. The van der Waals surface area contributed by atoms with Gasteiger partial charge in [0, 0.05) is 6.42 Å². The number of ether oxygens (including phenoxy) is 1. The number of amides is 1. The second-order valence-corrected chi connectivity index (χ2v) is 4.56. The van der Waals surface area contributed by atoms with E-state index in [4.69, 9.17) is 10.00 Å². The minimum Gasteiger partial charge on any atom is -0.453 e. The van der Waals surface area contributed by atoms with Gasteiger partial charge in [-0.2, -0.15) is 5.26 Å². The maximum atomic E-state index is 11.7. The van der Waals surface area contributed by atoms with E-state index in [0.717, 1.165) is 0 Å². The maximum Gasteiger partial charge on any atom is 0.306 e. The first-order valence-electron chi connectivity index (χ1n) is 5.56. The summed E-state index contributed by atoms with van der Waals surface area (Å²) in [5.74, 6) is -0.828. The molecule has 0 aliphatic carbocycles. The molecule has 0 unspecified atom stereocenters. The monoisotopic (exact) mass is 266 g/mol. The molecule has 96 valence electrons. The molecule has 0 bridgehead atoms. The van der Waals surface area contributed by atoms with Crippen LogP contribution in [0, 0.1) is 11.3 Å². The molecule has 0 saturated heterocycles. The maximum absolute atomic E-state index is 11.7. The second kappa shape index (κ2) is 6.77. The fourth-order valence-corrected chi connectivity index (χ4v) is 1.96. The number of anilines is 1. The summed E-state index contributed by atoms with van der Waals surface area (Å²) in [6, 6.07) is 3.59. The van der Waals surface area contributed by atoms with Crippen LogP contribution in [0.5, 0.6) is 0 Å². The van der Waals surface area contributed by atoms with Crippen LogP contribution in [0.15, 0.2) is 11.4 Å². The van der Waals surface area contributed by atoms with E-state index in [9.17, 15) is 9.59 Å². The van der Waals surface area contributed by atoms with E-state index in [1.165, 1.54) is 18.3 Å². The highest BCUT2D eigenvalue weighted by molar-refractivity contribution is 7.14. The minimum atomic E-state index is -0.863. The van der Waals surface area contributed by atoms with Crippen LogP contribution in [0.25, 0.3) is 0 Å². The van der Waals surface area contributed by atoms with E-state index in [0.29, 0.717) is 23.4 Å². The molecule has 18 heavy (non-hydrogen) atoms. The van der Waals surface area contributed by atoms with Crippen molar-refractivity contribution in [2.75, 3.05) is 5.32 Å². The molecule has 0 aliphatic rings. The Morgan fingerprint density at radius 1 is 1.61 bits per heavy atom. The van der Waals surface area contributed by atoms with Crippen LogP contribution in [0.4, 0.5) is 5.00 Å². The van der Waals surface area contributed by atoms with Crippen LogP contribution in [-0.2, 0) is 14.3 Å². The van der Waals surface area contributed by atoms with Crippen LogP contribution >= 0.6 is 11.3 Å². The Hall–Kier alpha value is -1.87. The Morgan fingerprint density at radius 3 is 2.94 bits per heavy atom. The molecule has 1 rings (SSSR count). The first-order valence-corrected chi connectivity index (χ1v) is 6.44. The number of thiophene rings is 1. The van der Waals surface area contributed by atoms with Gasteiger partial charge in [-0.3, -0.25) is 9.59 Å². The van der Waals surface area contributed by atoms with Crippen LogP contribution in [0.3, 0.4) is 0 Å². The van der Waals surface area contributed by atoms with Crippen LogP contribution in [0.1, 0.15) is 32.3 Å². The van der Waals surface area contributed by atoms with E-state index in [1.807, 2.05) is 13.0 Å². The number of hydrogen-bond acceptors (Lipinski definition) is 5. The van der Waals surface area contributed by atoms with Gasteiger partial charge in [0.25, 0.3) is 5.91 Å². The van der Waals surface area contributed by atoms with E-state index < -0.39 is 18.0 Å². The number of hydrogen-bond donors (Lipinski definition) is 1. The Bertz CT molecular complexity index is 476. The molecular formula is C12H14N2O3S. The molecule has 5 nitrogen and oxygen atoms in total. The molecule has 1 aromatic heterocycles. The smallest absolute Gasteiger partial charge is 0.306 e. The van der Waals surface area contributed by atoms with Crippen molar-refractivity contribution in [2.45, 2.75) is 32.8 Å². The lowest BCUT2D eigenvalue weighted by molar-refractivity contribution is -0.153. The molecule has 0 aliphatic heterocycles. The summed E-state index contributed by atoms with van der Waals surface area (Å²) >= 11 is 1.25. The van der Waals surface area contributed by atoms with E-state index in [-0.39, 0.29) is 0 Å². The van der Waals surface area contributed by atoms with E-state index in [2.05, 4.69) is 5.32 Å². The van der Waals surface area contributed by atoms with Gasteiger partial charge in [-0.1, -0.05) is 6.92 Å². The van der Waals surface area contributed by atoms with Crippen LogP contribution in [-0.4, -0.2) is 18.0 Å². The lowest BCUT2D eigenvalue weighted by Crippen LogP contribution is -2.29. The van der Waals surface area contributed by atoms with Crippen molar-refractivity contribution in [3.05, 3.63) is 17.0 Å². The fourth-order valence-electron chi connectivity index (χ4n) is 1.22. The zero-order valence-corrected chi connectivity index (χ0v) is 11.0. The lowest BCUT2D eigenvalue weighted by Gasteiger charge is -2.12. The lowest BCUT2D eigenvalue weighted by atomic mass is 10.3. The first kappa shape index (κ1) is 14.2. The van der Waals surface area contributed by atoms with Crippen molar-refractivity contribution >= 4 is 28.2 Å². The second-order valence-electron chi connectivity index (χ2n) is 3.65. The third-order valence-corrected chi connectivity index (χ3v) is 2.98. The molecule has 1 heterocycles. The molecule has 1 aromatic rings. The summed E-state index contributed by atoms with van der Waals surface area (Å²) in [7, 11) is 0. The predicted octanol–water partition coefficient (Wildman–Crippen LogP) is 2.29. The van der Waals surface area contributed by atoms with Gasteiger partial charge >= 0.3 is 5.97 Å². The SMILES string of the molecule is CCCC(=O)O[C@@H](C)C(=O)Nc1sccc1C#N. The summed E-state index contributed by atoms with van der Waals surface area (Å²) < 4.78 is 4.95. The fraction of sp³-hybridized carbons (Fsp3) is 0.417. The highest BCUT2D eigenvalue weighted by Crippen LogP contribution is 2.22. The normalized spacial score (nSPS) is 11.4. The Labute approximate surface area is 109 Å². The molecule has 1 amide bonds. The number of nitrogens with one attached hydrogen (secondary N) is 1. The Morgan fingerprint density at radius 2 is 2.33 bits per heavy atom. The van der Waals surface area contributed by atoms with Gasteiger partial charge in [0.05, 0.1) is 5.56 Å². The quantitative estimate of drug-likeness (QED) is 0.829. The summed E-state index contributed by atoms with van der Waals surface area (Å²) in [6.07, 6.45) is 0.106. The van der Waals surface area contributed by atoms with Gasteiger partial charge in [-0.15, -0.1) is 11.3 Å². The van der Waals surface area contributed by atoms with E-state index >= 15 is 0 Å². The van der Waals surface area contributed by atoms with Gasteiger partial charge < -0.3 is 10.1 Å². The summed E-state index contributed by atoms with van der Waals surface area (Å²) in [5, 5.41) is 13.5. The number of carbonyl (C=O) groups excluding carboxylic acids is 2. The van der Waals surface area contributed by atoms with Gasteiger partial charge in [0.15, 0.2) is 6.10 Å². The standard InChI is InChI=1S/C12H14N2O3S/c1-3-4-10(15)17-8(2)11(16)14-12-9(7-13)5-6-18-12/h5-6,8H,3-4H2,1-2H3,(H,14,16)/t8-/m0/s1. The average Bonchev–Trinajstić information content (AvgIpc) is 2.76. The summed E-state index contributed by atoms with van der Waals surface area (Å²) in [6.45, 7) is 3.36. The first-order chi connectivity index (χ1) is 8.58. The van der Waals surface area contributed by atoms with Gasteiger partial charge in [0.1, 0.15) is 11.1 Å². The average molecular weight is 266 g/mol. The molecule has 0 saturated carbocycles. The van der Waals surface area contributed by atoms with Gasteiger partial charge in [-0.25, -0.2) is 0 Å². The minimum absolute atomic E-state index is 0.292. The number of esters is 1. The number of nitriles is 1. The molecule has 6 heteroatoms. The third-order valence-electron chi connectivity index (χ3n) is 2.15. The van der Waals surface area contributed by atoms with Crippen molar-refractivity contribution in [3.8, 4) is 6.07 Å². The van der Waals surface area contributed by atoms with Crippen LogP contribution in [0.2, 0.25) is 0 Å². The molecule has 1 atom stereocenters. The Kier molecular flexibility index (Phi) is 5.33. The van der Waals surface area contributed by atoms with Gasteiger partial charge in [-0.05, 0) is 24.8 Å². The van der Waals surface area contributed by atoms with Crippen LogP contribution < -0.4 is 5.32 Å². The number of rotatable bonds is 5. The summed E-state index contributed by atoms with van der Waals surface area (Å²) in [5.41, 5.74) is 0.403. The summed E-state index contributed by atoms with van der Waals surface area (Å²) in [4.78, 5) is 23.0. The highest BCUT2D eigenvalue weighted by Gasteiger charge is 2.18. The predicted molar refractivity (Wildman–Crippen MR) is 68.1 cm³/mol. The van der Waals surface area contributed by atoms with Crippen molar-refractivity contribution in [1.82, 2.24) is 0 Å². The molecule has 0 spiro atoms. The molecule has 0 fully saturated rings. The zero-order chi connectivity index (χ0) is 13.5. The highest BCUT2D eigenvalue weighted by atomic mass is 32.1. The number of nitrogens with zero attached hydrogens (tertiary/aromatic N) is 1. The van der Waals surface area contributed by atoms with Crippen molar-refractivity contribution in [2.24, 2.45) is 0 Å². The third kappa shape index (κ3) is 3.86.